The number of benzene rings is 3. The molecule has 3 aromatic carbocycles. The third kappa shape index (κ3) is 12.5. The minimum atomic E-state index is -1.29. The molecule has 1 saturated carbocycles. The SMILES string of the molecule is CC(C)[C@H](NCCCc1ccccc1)C(=O)NCC1CC1.CN(c1cc(C(N)=O)cc(C(=O)NCc2ccccc2)c1)S(C)=O. The van der Waals surface area contributed by atoms with Gasteiger partial charge >= 0.3 is 0 Å². The molecule has 0 radical (unpaired) electrons. The summed E-state index contributed by atoms with van der Waals surface area (Å²) in [5.74, 6) is 0.236. The maximum atomic E-state index is 12.4. The highest BCUT2D eigenvalue weighted by atomic mass is 32.2. The second-order valence-electron chi connectivity index (χ2n) is 11.7. The maximum absolute atomic E-state index is 12.4. The zero-order valence-corrected chi connectivity index (χ0v) is 27.6. The number of amides is 3. The van der Waals surface area contributed by atoms with Crippen molar-refractivity contribution in [3.63, 3.8) is 0 Å². The molecule has 0 aliphatic heterocycles. The van der Waals surface area contributed by atoms with E-state index in [1.807, 2.05) is 36.4 Å². The quantitative estimate of drug-likeness (QED) is 0.186. The number of carbonyl (C=O) groups excluding carboxylic acids is 3. The number of hydrogen-bond acceptors (Lipinski definition) is 5. The Morgan fingerprint density at radius 2 is 1.51 bits per heavy atom. The minimum Gasteiger partial charge on any atom is -0.366 e. The number of carbonyl (C=O) groups is 3. The minimum absolute atomic E-state index is 0.0699. The number of anilines is 1. The van der Waals surface area contributed by atoms with Crippen LogP contribution in [0.15, 0.2) is 78.9 Å². The van der Waals surface area contributed by atoms with E-state index < -0.39 is 16.9 Å². The molecule has 3 amide bonds. The van der Waals surface area contributed by atoms with Gasteiger partial charge in [-0.15, -0.1) is 0 Å². The van der Waals surface area contributed by atoms with E-state index in [1.165, 1.54) is 41.1 Å². The lowest BCUT2D eigenvalue weighted by atomic mass is 10.0. The highest BCUT2D eigenvalue weighted by Crippen LogP contribution is 2.27. The second-order valence-corrected chi connectivity index (χ2v) is 13.1. The van der Waals surface area contributed by atoms with Crippen LogP contribution >= 0.6 is 0 Å². The number of hydrogen-bond donors (Lipinski definition) is 4. The van der Waals surface area contributed by atoms with Crippen LogP contribution in [0, 0.1) is 11.8 Å². The summed E-state index contributed by atoms with van der Waals surface area (Å²) in [5, 5.41) is 9.30. The number of primary amides is 1. The molecule has 45 heavy (non-hydrogen) atoms. The average Bonchev–Trinajstić information content (AvgIpc) is 3.87. The Bertz CT molecular complexity index is 1410. The molecule has 9 nitrogen and oxygen atoms in total. The molecule has 10 heteroatoms. The summed E-state index contributed by atoms with van der Waals surface area (Å²) in [6, 6.07) is 24.4. The van der Waals surface area contributed by atoms with Gasteiger partial charge in [0.1, 0.15) is 11.0 Å². The average molecular weight is 634 g/mol. The summed E-state index contributed by atoms with van der Waals surface area (Å²) in [7, 11) is 0.325. The first-order valence-electron chi connectivity index (χ1n) is 15.4. The van der Waals surface area contributed by atoms with Gasteiger partial charge in [0.05, 0.1) is 11.7 Å². The third-order valence-electron chi connectivity index (χ3n) is 7.57. The smallest absolute Gasteiger partial charge is 0.251 e. The molecule has 4 rings (SSSR count). The molecule has 242 valence electrons. The van der Waals surface area contributed by atoms with Crippen LogP contribution in [0.4, 0.5) is 5.69 Å². The van der Waals surface area contributed by atoms with Crippen molar-refractivity contribution in [3.05, 3.63) is 101 Å². The van der Waals surface area contributed by atoms with Crippen LogP contribution in [-0.4, -0.2) is 54.4 Å². The Labute approximate surface area is 269 Å². The van der Waals surface area contributed by atoms with E-state index in [9.17, 15) is 18.6 Å². The Morgan fingerprint density at radius 1 is 0.911 bits per heavy atom. The molecule has 3 aromatic rings. The lowest BCUT2D eigenvalue weighted by Gasteiger charge is -2.21. The first kappa shape index (κ1) is 35.5. The Morgan fingerprint density at radius 3 is 2.07 bits per heavy atom. The molecule has 1 fully saturated rings. The number of nitrogens with one attached hydrogen (secondary N) is 3. The van der Waals surface area contributed by atoms with Gasteiger partial charge in [-0.1, -0.05) is 74.5 Å². The van der Waals surface area contributed by atoms with Crippen molar-refractivity contribution in [2.45, 2.75) is 52.1 Å². The fourth-order valence-electron chi connectivity index (χ4n) is 4.60. The summed E-state index contributed by atoms with van der Waals surface area (Å²) in [4.78, 5) is 36.1. The molecular weight excluding hydrogens is 586 g/mol. The monoisotopic (exact) mass is 633 g/mol. The number of aryl methyl sites for hydroxylation is 1. The van der Waals surface area contributed by atoms with Crippen LogP contribution < -0.4 is 26.0 Å². The molecule has 5 N–H and O–H groups in total. The van der Waals surface area contributed by atoms with Crippen molar-refractivity contribution >= 4 is 34.4 Å². The highest BCUT2D eigenvalue weighted by Gasteiger charge is 2.25. The fourth-order valence-corrected chi connectivity index (χ4v) is 5.00. The zero-order chi connectivity index (χ0) is 32.8. The van der Waals surface area contributed by atoms with E-state index in [2.05, 4.69) is 54.1 Å². The van der Waals surface area contributed by atoms with E-state index >= 15 is 0 Å². The van der Waals surface area contributed by atoms with Gasteiger partial charge in [0.2, 0.25) is 11.8 Å². The van der Waals surface area contributed by atoms with Crippen LogP contribution in [0.25, 0.3) is 0 Å². The lowest BCUT2D eigenvalue weighted by Crippen LogP contribution is -2.48. The van der Waals surface area contributed by atoms with Crippen LogP contribution in [0.5, 0.6) is 0 Å². The summed E-state index contributed by atoms with van der Waals surface area (Å²) < 4.78 is 13.1. The van der Waals surface area contributed by atoms with Crippen molar-refractivity contribution in [2.24, 2.45) is 17.6 Å². The Kier molecular flexibility index (Phi) is 14.2. The molecule has 2 atom stereocenters. The van der Waals surface area contributed by atoms with E-state index in [0.717, 1.165) is 37.4 Å². The second kappa shape index (κ2) is 18.1. The topological polar surface area (TPSA) is 134 Å². The van der Waals surface area contributed by atoms with Crippen LogP contribution in [0.3, 0.4) is 0 Å². The van der Waals surface area contributed by atoms with Crippen molar-refractivity contribution in [2.75, 3.05) is 30.7 Å². The normalized spacial score (nSPS) is 13.6. The zero-order valence-electron chi connectivity index (χ0n) is 26.8. The summed E-state index contributed by atoms with van der Waals surface area (Å²) in [6.45, 7) is 6.31. The molecule has 0 bridgehead atoms. The predicted octanol–water partition coefficient (Wildman–Crippen LogP) is 4.20. The number of nitrogens with zero attached hydrogens (tertiary/aromatic N) is 1. The first-order chi connectivity index (χ1) is 21.5. The van der Waals surface area contributed by atoms with E-state index in [4.69, 9.17) is 5.73 Å². The van der Waals surface area contributed by atoms with Crippen LogP contribution in [0.1, 0.15) is 65.0 Å². The van der Waals surface area contributed by atoms with Gasteiger partial charge in [-0.3, -0.25) is 18.7 Å². The molecule has 1 unspecified atom stereocenters. The molecule has 0 heterocycles. The largest absolute Gasteiger partial charge is 0.366 e. The molecule has 0 spiro atoms. The number of rotatable bonds is 15. The summed E-state index contributed by atoms with van der Waals surface area (Å²) >= 11 is 0. The molecule has 1 aliphatic carbocycles. The highest BCUT2D eigenvalue weighted by molar-refractivity contribution is 7.85. The van der Waals surface area contributed by atoms with E-state index in [1.54, 1.807) is 13.1 Å². The Hall–Kier alpha value is -4.02. The van der Waals surface area contributed by atoms with E-state index in [0.29, 0.717) is 18.2 Å². The van der Waals surface area contributed by atoms with Gasteiger partial charge in [0.15, 0.2) is 0 Å². The van der Waals surface area contributed by atoms with Gasteiger partial charge in [0.25, 0.3) is 5.91 Å². The third-order valence-corrected chi connectivity index (χ3v) is 8.55. The standard InChI is InChI=1S/C18H28N2O.C17H19N3O3S/c1-14(2)17(18(21)20-13-16-10-11-16)19-12-6-9-15-7-4-3-5-8-15;1-20(24(2)23)15-9-13(16(18)21)8-14(10-15)17(22)19-11-12-6-4-3-5-7-12/h3-5,7-8,14,16-17,19H,6,9-13H2,1-2H3,(H,20,21);3-10H,11H2,1-2H3,(H2,18,21)(H,19,22)/t17-;/m0./s1. The molecule has 0 saturated heterocycles. The summed E-state index contributed by atoms with van der Waals surface area (Å²) in [5.41, 5.74) is 8.61. The fraction of sp³-hybridized carbons (Fsp3) is 0.400. The van der Waals surface area contributed by atoms with Gasteiger partial charge < -0.3 is 21.7 Å². The van der Waals surface area contributed by atoms with Crippen LogP contribution in [-0.2, 0) is 28.7 Å². The Balaban J connectivity index is 0.000000248. The van der Waals surface area contributed by atoms with Gasteiger partial charge in [0, 0.05) is 37.5 Å². The number of nitrogens with two attached hydrogens (primary N) is 1. The first-order valence-corrected chi connectivity index (χ1v) is 17.0. The van der Waals surface area contributed by atoms with Crippen molar-refractivity contribution in [1.82, 2.24) is 16.0 Å². The molecular formula is C35H47N5O4S. The lowest BCUT2D eigenvalue weighted by molar-refractivity contribution is -0.124. The predicted molar refractivity (Wildman–Crippen MR) is 182 cm³/mol. The maximum Gasteiger partial charge on any atom is 0.251 e. The van der Waals surface area contributed by atoms with Crippen molar-refractivity contribution < 1.29 is 18.6 Å². The van der Waals surface area contributed by atoms with Gasteiger partial charge in [-0.25, -0.2) is 4.21 Å². The molecule has 0 aromatic heterocycles. The van der Waals surface area contributed by atoms with Crippen molar-refractivity contribution in [3.8, 4) is 0 Å². The van der Waals surface area contributed by atoms with Gasteiger partial charge in [-0.2, -0.15) is 0 Å². The van der Waals surface area contributed by atoms with E-state index in [-0.39, 0.29) is 29.0 Å². The van der Waals surface area contributed by atoms with Gasteiger partial charge in [-0.05, 0) is 73.4 Å². The van der Waals surface area contributed by atoms with Crippen LogP contribution in [0.2, 0.25) is 0 Å². The summed E-state index contributed by atoms with van der Waals surface area (Å²) in [6.07, 6.45) is 6.17. The van der Waals surface area contributed by atoms with Crippen molar-refractivity contribution in [1.29, 1.82) is 0 Å². The molecule has 1 aliphatic rings.